The molecule has 0 bridgehead atoms. The Balaban J connectivity index is 1.82. The summed E-state index contributed by atoms with van der Waals surface area (Å²) in [5.41, 5.74) is -0.0144. The number of hydrogen-bond acceptors (Lipinski definition) is 9. The fourth-order valence-corrected chi connectivity index (χ4v) is 5.42. The van der Waals surface area contributed by atoms with E-state index in [1.807, 2.05) is 0 Å². The summed E-state index contributed by atoms with van der Waals surface area (Å²) in [4.78, 5) is 3.86. The van der Waals surface area contributed by atoms with Gasteiger partial charge in [0.2, 0.25) is 5.82 Å². The first kappa shape index (κ1) is 26.8. The average molecular weight is 595 g/mol. The smallest absolute Gasteiger partial charge is 0.204 e. The molecular formula is C24H24BrFN4O6S. The number of aromatic nitrogens is 4. The Labute approximate surface area is 221 Å². The van der Waals surface area contributed by atoms with Crippen molar-refractivity contribution in [3.63, 3.8) is 0 Å². The van der Waals surface area contributed by atoms with E-state index >= 15 is 0 Å². The van der Waals surface area contributed by atoms with Crippen molar-refractivity contribution in [3.8, 4) is 28.8 Å². The van der Waals surface area contributed by atoms with E-state index in [-0.39, 0.29) is 17.3 Å². The molecule has 10 nitrogen and oxygen atoms in total. The van der Waals surface area contributed by atoms with Gasteiger partial charge in [-0.05, 0) is 60.1 Å². The van der Waals surface area contributed by atoms with Crippen molar-refractivity contribution in [3.05, 3.63) is 70.2 Å². The molecular weight excluding hydrogens is 571 g/mol. The maximum atomic E-state index is 14.4. The van der Waals surface area contributed by atoms with Crippen LogP contribution in [-0.4, -0.2) is 52.7 Å². The van der Waals surface area contributed by atoms with E-state index < -0.39 is 32.8 Å². The zero-order valence-electron chi connectivity index (χ0n) is 20.3. The zero-order valence-corrected chi connectivity index (χ0v) is 22.7. The highest BCUT2D eigenvalue weighted by atomic mass is 79.9. The van der Waals surface area contributed by atoms with Crippen molar-refractivity contribution in [2.24, 2.45) is 0 Å². The molecule has 0 fully saturated rings. The van der Waals surface area contributed by atoms with Crippen LogP contribution in [0.2, 0.25) is 0 Å². The number of hydrogen-bond donors (Lipinski definition) is 1. The van der Waals surface area contributed by atoms with E-state index in [2.05, 4.69) is 31.1 Å². The Hall–Kier alpha value is -3.29. The topological polar surface area (TPSA) is 130 Å². The van der Waals surface area contributed by atoms with Gasteiger partial charge in [-0.1, -0.05) is 6.07 Å². The molecule has 0 spiro atoms. The number of aliphatic hydroxyl groups is 1. The number of ether oxygens (including phenoxy) is 2. The highest BCUT2D eigenvalue weighted by molar-refractivity contribution is 9.10. The molecule has 0 saturated heterocycles. The lowest BCUT2D eigenvalue weighted by atomic mass is 10.2. The van der Waals surface area contributed by atoms with Crippen LogP contribution in [0.1, 0.15) is 30.3 Å². The van der Waals surface area contributed by atoms with Gasteiger partial charge in [0, 0.05) is 10.7 Å². The number of nitrogens with zero attached hydrogens (tertiary/aromatic N) is 4. The molecule has 1 aromatic carbocycles. The molecule has 37 heavy (non-hydrogen) atoms. The number of sulfone groups is 1. The third-order valence-electron chi connectivity index (χ3n) is 5.77. The predicted octanol–water partition coefficient (Wildman–Crippen LogP) is 4.19. The quantitative estimate of drug-likeness (QED) is 0.303. The minimum absolute atomic E-state index is 0.00939. The fourth-order valence-electron chi connectivity index (χ4n) is 3.78. The Morgan fingerprint density at radius 3 is 2.41 bits per heavy atom. The average Bonchev–Trinajstić information content (AvgIpc) is 3.47. The lowest BCUT2D eigenvalue weighted by Crippen LogP contribution is -2.29. The summed E-state index contributed by atoms with van der Waals surface area (Å²) in [5, 5.41) is 17.6. The molecule has 13 heteroatoms. The van der Waals surface area contributed by atoms with E-state index in [0.717, 1.165) is 6.07 Å². The van der Waals surface area contributed by atoms with Crippen LogP contribution in [0, 0.1) is 12.7 Å². The van der Waals surface area contributed by atoms with Gasteiger partial charge in [0.05, 0.1) is 19.5 Å². The molecule has 4 rings (SSSR count). The van der Waals surface area contributed by atoms with E-state index in [1.165, 1.54) is 31.9 Å². The molecule has 4 aromatic rings. The van der Waals surface area contributed by atoms with Crippen LogP contribution in [0.5, 0.6) is 11.5 Å². The molecule has 0 unspecified atom stereocenters. The van der Waals surface area contributed by atoms with Gasteiger partial charge in [0.1, 0.15) is 46.3 Å². The number of pyridine rings is 1. The van der Waals surface area contributed by atoms with Gasteiger partial charge in [0.15, 0.2) is 21.4 Å². The summed E-state index contributed by atoms with van der Waals surface area (Å²) >= 11 is 3.09. The first-order valence-corrected chi connectivity index (χ1v) is 13.5. The standard InChI is InChI=1S/C24H24BrFN4O6S/c1-13-8-9-19(36-13)24-29-28-20(30(24)22-17(34-3)6-5-7-18(22)35-4)12-37(32,33)14(2)23(31)21-16(26)10-15(25)11-27-21/h5-11,14,23,31H,12H2,1-4H3/t14-,23-/m1/s1. The number of para-hydroxylation sites is 1. The van der Waals surface area contributed by atoms with Crippen molar-refractivity contribution in [2.45, 2.75) is 31.0 Å². The van der Waals surface area contributed by atoms with Crippen molar-refractivity contribution in [1.29, 1.82) is 0 Å². The summed E-state index contributed by atoms with van der Waals surface area (Å²) in [6, 6.07) is 9.61. The summed E-state index contributed by atoms with van der Waals surface area (Å²) in [6.45, 7) is 3.04. The lowest BCUT2D eigenvalue weighted by Gasteiger charge is -2.20. The normalized spacial score (nSPS) is 13.4. The molecule has 3 heterocycles. The summed E-state index contributed by atoms with van der Waals surface area (Å²) < 4.78 is 59.9. The number of benzene rings is 1. The van der Waals surface area contributed by atoms with Crippen LogP contribution in [-0.2, 0) is 15.6 Å². The number of aryl methyl sites for hydroxylation is 1. The molecule has 0 aliphatic rings. The minimum atomic E-state index is -4.12. The summed E-state index contributed by atoms with van der Waals surface area (Å²) in [6.07, 6.45) is -0.439. The fraction of sp³-hybridized carbons (Fsp3) is 0.292. The van der Waals surface area contributed by atoms with Crippen LogP contribution in [0.15, 0.2) is 51.5 Å². The van der Waals surface area contributed by atoms with Crippen LogP contribution < -0.4 is 9.47 Å². The van der Waals surface area contributed by atoms with Crippen molar-refractivity contribution >= 4 is 25.8 Å². The van der Waals surface area contributed by atoms with Gasteiger partial charge in [-0.3, -0.25) is 9.55 Å². The molecule has 0 radical (unpaired) electrons. The molecule has 0 aliphatic carbocycles. The van der Waals surface area contributed by atoms with Crippen molar-refractivity contribution < 1.29 is 31.8 Å². The molecule has 0 saturated carbocycles. The van der Waals surface area contributed by atoms with Crippen LogP contribution >= 0.6 is 15.9 Å². The highest BCUT2D eigenvalue weighted by Crippen LogP contribution is 2.37. The molecule has 1 N–H and O–H groups in total. The van der Waals surface area contributed by atoms with Crippen molar-refractivity contribution in [2.75, 3.05) is 14.2 Å². The van der Waals surface area contributed by atoms with Gasteiger partial charge in [-0.2, -0.15) is 0 Å². The van der Waals surface area contributed by atoms with Gasteiger partial charge in [-0.25, -0.2) is 12.8 Å². The molecule has 3 aromatic heterocycles. The Morgan fingerprint density at radius 2 is 1.84 bits per heavy atom. The van der Waals surface area contributed by atoms with Gasteiger partial charge in [-0.15, -0.1) is 10.2 Å². The second-order valence-electron chi connectivity index (χ2n) is 8.17. The highest BCUT2D eigenvalue weighted by Gasteiger charge is 2.35. The van der Waals surface area contributed by atoms with E-state index in [9.17, 15) is 17.9 Å². The maximum absolute atomic E-state index is 14.4. The van der Waals surface area contributed by atoms with E-state index in [0.29, 0.717) is 33.2 Å². The number of aliphatic hydroxyl groups excluding tert-OH is 1. The van der Waals surface area contributed by atoms with Gasteiger partial charge >= 0.3 is 0 Å². The summed E-state index contributed by atoms with van der Waals surface area (Å²) in [5.74, 6) is 0.457. The maximum Gasteiger partial charge on any atom is 0.204 e. The van der Waals surface area contributed by atoms with Gasteiger partial charge in [0.25, 0.3) is 0 Å². The summed E-state index contributed by atoms with van der Waals surface area (Å²) in [7, 11) is -1.19. The number of furan rings is 1. The third-order valence-corrected chi connectivity index (χ3v) is 8.26. The monoisotopic (exact) mass is 594 g/mol. The largest absolute Gasteiger partial charge is 0.494 e. The van der Waals surface area contributed by atoms with E-state index in [4.69, 9.17) is 13.9 Å². The number of rotatable bonds is 9. The molecule has 2 atom stereocenters. The number of methoxy groups -OCH3 is 2. The minimum Gasteiger partial charge on any atom is -0.494 e. The first-order valence-electron chi connectivity index (χ1n) is 11.0. The van der Waals surface area contributed by atoms with Crippen LogP contribution in [0.25, 0.3) is 17.3 Å². The molecule has 0 aliphatic heterocycles. The predicted molar refractivity (Wildman–Crippen MR) is 136 cm³/mol. The molecule has 0 amide bonds. The zero-order chi connectivity index (χ0) is 26.9. The second kappa shape index (κ2) is 10.6. The Morgan fingerprint density at radius 1 is 1.16 bits per heavy atom. The van der Waals surface area contributed by atoms with Crippen LogP contribution in [0.4, 0.5) is 4.39 Å². The lowest BCUT2D eigenvalue weighted by molar-refractivity contribution is 0.166. The SMILES string of the molecule is COc1cccc(OC)c1-n1c(CS(=O)(=O)[C@H](C)[C@@H](O)c2ncc(Br)cc2F)nnc1-c1ccc(C)o1. The van der Waals surface area contributed by atoms with Crippen LogP contribution in [0.3, 0.4) is 0 Å². The first-order chi connectivity index (χ1) is 17.6. The third kappa shape index (κ3) is 5.24. The van der Waals surface area contributed by atoms with Gasteiger partial charge < -0.3 is 19.0 Å². The van der Waals surface area contributed by atoms with Crippen molar-refractivity contribution in [1.82, 2.24) is 19.7 Å². The Kier molecular flexibility index (Phi) is 7.67. The second-order valence-corrected chi connectivity index (χ2v) is 11.4. The number of halogens is 2. The molecule has 196 valence electrons. The Bertz CT molecular complexity index is 1520. The van der Waals surface area contributed by atoms with E-state index in [1.54, 1.807) is 37.3 Å².